The maximum Gasteiger partial charge on any atom is 0.229 e. The monoisotopic (exact) mass is 294 g/mol. The van der Waals surface area contributed by atoms with Crippen LogP contribution in [0.15, 0.2) is 28.7 Å². The number of hydrogen-bond acceptors (Lipinski definition) is 2. The summed E-state index contributed by atoms with van der Waals surface area (Å²) < 4.78 is 0.935. The van der Waals surface area contributed by atoms with Crippen molar-refractivity contribution in [3.8, 4) is 0 Å². The summed E-state index contributed by atoms with van der Waals surface area (Å²) in [4.78, 5) is 12.2. The van der Waals surface area contributed by atoms with E-state index in [1.165, 1.54) is 6.42 Å². The van der Waals surface area contributed by atoms with Crippen LogP contribution in [-0.4, -0.2) is 18.0 Å². The number of rotatable bonds is 2. The summed E-state index contributed by atoms with van der Waals surface area (Å²) in [5.74, 6) is 0.289. The number of nitrogens with one attached hydrogen (secondary N) is 2. The second-order valence-corrected chi connectivity index (χ2v) is 5.71. The van der Waals surface area contributed by atoms with Gasteiger partial charge in [0.1, 0.15) is 0 Å². The molecular weight excluding hydrogens is 280 g/mol. The van der Waals surface area contributed by atoms with Crippen LogP contribution in [0.25, 0.3) is 0 Å². The third-order valence-electron chi connectivity index (χ3n) is 3.77. The molecule has 3 atom stereocenters. The molecule has 1 aromatic rings. The van der Waals surface area contributed by atoms with Gasteiger partial charge in [-0.2, -0.15) is 0 Å². The Balaban J connectivity index is 1.70. The maximum absolute atomic E-state index is 12.2. The lowest BCUT2D eigenvalue weighted by Crippen LogP contribution is -2.32. The summed E-state index contributed by atoms with van der Waals surface area (Å²) in [7, 11) is 0. The molecule has 1 aromatic carbocycles. The number of carbonyl (C=O) groups is 1. The van der Waals surface area contributed by atoms with Crippen LogP contribution in [0.1, 0.15) is 19.3 Å². The Bertz CT molecular complexity index is 449. The predicted octanol–water partition coefficient (Wildman–Crippen LogP) is 2.53. The van der Waals surface area contributed by atoms with Gasteiger partial charge in [0, 0.05) is 16.6 Å². The van der Waals surface area contributed by atoms with Crippen LogP contribution in [0, 0.1) is 5.92 Å². The molecular formula is C13H15BrN2O. The summed E-state index contributed by atoms with van der Waals surface area (Å²) in [6, 6.07) is 8.69. The van der Waals surface area contributed by atoms with Crippen molar-refractivity contribution < 1.29 is 4.79 Å². The number of halogens is 1. The highest BCUT2D eigenvalue weighted by Crippen LogP contribution is 2.34. The van der Waals surface area contributed by atoms with Gasteiger partial charge in [-0.05, 0) is 47.3 Å². The molecule has 2 fully saturated rings. The lowest BCUT2D eigenvalue weighted by Gasteiger charge is -2.19. The van der Waals surface area contributed by atoms with Crippen molar-refractivity contribution in [3.63, 3.8) is 0 Å². The van der Waals surface area contributed by atoms with E-state index in [4.69, 9.17) is 0 Å². The van der Waals surface area contributed by atoms with E-state index in [0.29, 0.717) is 12.1 Å². The van der Waals surface area contributed by atoms with E-state index in [1.807, 2.05) is 24.3 Å². The molecule has 0 radical (unpaired) electrons. The minimum absolute atomic E-state index is 0.140. The summed E-state index contributed by atoms with van der Waals surface area (Å²) in [6.45, 7) is 0. The lowest BCUT2D eigenvalue weighted by atomic mass is 9.88. The molecule has 0 aromatic heterocycles. The standard InChI is InChI=1S/C13H15BrN2O/c14-10-3-1-2-4-12(10)16-13(17)9-7-8-5-6-11(9)15-8/h1-4,8-9,11,15H,5-7H2,(H,16,17). The van der Waals surface area contributed by atoms with E-state index in [1.54, 1.807) is 0 Å². The van der Waals surface area contributed by atoms with E-state index < -0.39 is 0 Å². The topological polar surface area (TPSA) is 41.1 Å². The quantitative estimate of drug-likeness (QED) is 0.880. The van der Waals surface area contributed by atoms with Gasteiger partial charge in [0.2, 0.25) is 5.91 Å². The Labute approximate surface area is 109 Å². The molecule has 2 saturated heterocycles. The number of benzene rings is 1. The molecule has 3 rings (SSSR count). The molecule has 1 amide bonds. The largest absolute Gasteiger partial charge is 0.325 e. The van der Waals surface area contributed by atoms with Crippen molar-refractivity contribution in [2.24, 2.45) is 5.92 Å². The average molecular weight is 295 g/mol. The Hall–Kier alpha value is -0.870. The molecule has 0 saturated carbocycles. The number of anilines is 1. The van der Waals surface area contributed by atoms with Crippen molar-refractivity contribution in [3.05, 3.63) is 28.7 Å². The fourth-order valence-corrected chi connectivity index (χ4v) is 3.29. The highest BCUT2D eigenvalue weighted by molar-refractivity contribution is 9.10. The lowest BCUT2D eigenvalue weighted by molar-refractivity contribution is -0.120. The first-order valence-corrected chi connectivity index (χ1v) is 6.85. The average Bonchev–Trinajstić information content (AvgIpc) is 2.94. The summed E-state index contributed by atoms with van der Waals surface area (Å²) in [5, 5.41) is 6.50. The van der Waals surface area contributed by atoms with Gasteiger partial charge < -0.3 is 10.6 Å². The van der Waals surface area contributed by atoms with Crippen LogP contribution in [0.3, 0.4) is 0 Å². The SMILES string of the molecule is O=C(Nc1ccccc1Br)C1CC2CCC1N2. The fraction of sp³-hybridized carbons (Fsp3) is 0.462. The van der Waals surface area contributed by atoms with Crippen LogP contribution in [0.2, 0.25) is 0 Å². The zero-order valence-electron chi connectivity index (χ0n) is 9.45. The molecule has 4 heteroatoms. The van der Waals surface area contributed by atoms with E-state index in [0.717, 1.165) is 23.0 Å². The second kappa shape index (κ2) is 4.42. The molecule has 0 aliphatic carbocycles. The maximum atomic E-state index is 12.2. The Morgan fingerprint density at radius 3 is 2.82 bits per heavy atom. The van der Waals surface area contributed by atoms with Gasteiger partial charge in [-0.1, -0.05) is 12.1 Å². The third kappa shape index (κ3) is 2.11. The van der Waals surface area contributed by atoms with Crippen molar-refractivity contribution in [1.29, 1.82) is 0 Å². The highest BCUT2D eigenvalue weighted by atomic mass is 79.9. The van der Waals surface area contributed by atoms with Gasteiger partial charge in [-0.15, -0.1) is 0 Å². The molecule has 90 valence electrons. The Kier molecular flexibility index (Phi) is 2.92. The molecule has 2 aliphatic heterocycles. The normalized spacial score (nSPS) is 30.5. The van der Waals surface area contributed by atoms with Gasteiger partial charge in [0.05, 0.1) is 11.6 Å². The van der Waals surface area contributed by atoms with E-state index >= 15 is 0 Å². The van der Waals surface area contributed by atoms with Gasteiger partial charge in [0.25, 0.3) is 0 Å². The summed E-state index contributed by atoms with van der Waals surface area (Å²) >= 11 is 3.44. The first-order chi connectivity index (χ1) is 8.24. The van der Waals surface area contributed by atoms with Crippen molar-refractivity contribution in [2.75, 3.05) is 5.32 Å². The zero-order valence-corrected chi connectivity index (χ0v) is 11.0. The first-order valence-electron chi connectivity index (χ1n) is 6.05. The molecule has 2 bridgehead atoms. The van der Waals surface area contributed by atoms with Gasteiger partial charge in [0.15, 0.2) is 0 Å². The molecule has 2 heterocycles. The second-order valence-electron chi connectivity index (χ2n) is 4.86. The van der Waals surface area contributed by atoms with Crippen LogP contribution < -0.4 is 10.6 Å². The predicted molar refractivity (Wildman–Crippen MR) is 70.8 cm³/mol. The van der Waals surface area contributed by atoms with Gasteiger partial charge >= 0.3 is 0 Å². The van der Waals surface area contributed by atoms with Crippen LogP contribution in [0.5, 0.6) is 0 Å². The van der Waals surface area contributed by atoms with Gasteiger partial charge in [-0.3, -0.25) is 4.79 Å². The first kappa shape index (κ1) is 11.2. The minimum Gasteiger partial charge on any atom is -0.325 e. The smallest absolute Gasteiger partial charge is 0.229 e. The van der Waals surface area contributed by atoms with Gasteiger partial charge in [-0.25, -0.2) is 0 Å². The number of carbonyl (C=O) groups excluding carboxylic acids is 1. The van der Waals surface area contributed by atoms with Crippen molar-refractivity contribution in [2.45, 2.75) is 31.3 Å². The zero-order chi connectivity index (χ0) is 11.8. The summed E-state index contributed by atoms with van der Waals surface area (Å²) in [6.07, 6.45) is 3.35. The molecule has 3 nitrogen and oxygen atoms in total. The van der Waals surface area contributed by atoms with Crippen LogP contribution in [-0.2, 0) is 4.79 Å². The Morgan fingerprint density at radius 1 is 1.35 bits per heavy atom. The molecule has 3 unspecified atom stereocenters. The molecule has 2 aliphatic rings. The number of fused-ring (bicyclic) bond motifs is 2. The van der Waals surface area contributed by atoms with E-state index in [2.05, 4.69) is 26.6 Å². The minimum atomic E-state index is 0.140. The van der Waals surface area contributed by atoms with E-state index in [9.17, 15) is 4.79 Å². The number of hydrogen-bond donors (Lipinski definition) is 2. The van der Waals surface area contributed by atoms with E-state index in [-0.39, 0.29) is 11.8 Å². The number of para-hydroxylation sites is 1. The third-order valence-corrected chi connectivity index (χ3v) is 4.46. The van der Waals surface area contributed by atoms with Crippen LogP contribution in [0.4, 0.5) is 5.69 Å². The molecule has 0 spiro atoms. The molecule has 2 N–H and O–H groups in total. The summed E-state index contributed by atoms with van der Waals surface area (Å²) in [5.41, 5.74) is 0.861. The fourth-order valence-electron chi connectivity index (χ4n) is 2.90. The number of amides is 1. The highest BCUT2D eigenvalue weighted by Gasteiger charge is 2.42. The molecule has 17 heavy (non-hydrogen) atoms. The Morgan fingerprint density at radius 2 is 2.18 bits per heavy atom. The van der Waals surface area contributed by atoms with Crippen molar-refractivity contribution in [1.82, 2.24) is 5.32 Å². The van der Waals surface area contributed by atoms with Crippen LogP contribution >= 0.6 is 15.9 Å². The van der Waals surface area contributed by atoms with Crippen molar-refractivity contribution >= 4 is 27.5 Å².